The maximum Gasteiger partial charge on any atom is 0.407 e. The Balaban J connectivity index is 2.34. The molecule has 0 unspecified atom stereocenters. The molecule has 0 saturated carbocycles. The quantitative estimate of drug-likeness (QED) is 0.795. The minimum absolute atomic E-state index is 0.169. The standard InChI is InChI=1S/C13H16N2O4/c1-7-8(11(5-14)19-13(17)15-2)3-4-9-10(7)6-18-12(9)16/h3-4,11H,5-6,14H2,1-2H3,(H,15,17)/t11-/m0/s1. The van der Waals surface area contributed by atoms with E-state index in [-0.39, 0.29) is 19.1 Å². The molecule has 0 bridgehead atoms. The number of benzene rings is 1. The van der Waals surface area contributed by atoms with Crippen molar-refractivity contribution in [1.29, 1.82) is 0 Å². The van der Waals surface area contributed by atoms with Gasteiger partial charge >= 0.3 is 12.1 Å². The average Bonchev–Trinajstić information content (AvgIpc) is 2.79. The molecule has 0 aliphatic carbocycles. The normalized spacial score (nSPS) is 14.6. The number of nitrogens with one attached hydrogen (secondary N) is 1. The van der Waals surface area contributed by atoms with Crippen molar-refractivity contribution in [2.45, 2.75) is 19.6 Å². The molecule has 1 aliphatic heterocycles. The van der Waals surface area contributed by atoms with E-state index in [1.807, 2.05) is 6.92 Å². The van der Waals surface area contributed by atoms with Gasteiger partial charge in [-0.15, -0.1) is 0 Å². The molecule has 0 spiro atoms. The van der Waals surface area contributed by atoms with Crippen molar-refractivity contribution < 1.29 is 19.1 Å². The minimum Gasteiger partial charge on any atom is -0.457 e. The van der Waals surface area contributed by atoms with Crippen molar-refractivity contribution in [3.63, 3.8) is 0 Å². The Bertz CT molecular complexity index is 528. The number of nitrogens with two attached hydrogens (primary N) is 1. The van der Waals surface area contributed by atoms with Crippen molar-refractivity contribution in [2.24, 2.45) is 5.73 Å². The smallest absolute Gasteiger partial charge is 0.407 e. The fourth-order valence-electron chi connectivity index (χ4n) is 2.14. The molecule has 1 aromatic rings. The number of hydrogen-bond acceptors (Lipinski definition) is 5. The predicted octanol–water partition coefficient (Wildman–Crippen LogP) is 1.02. The Hall–Kier alpha value is -2.08. The molecule has 19 heavy (non-hydrogen) atoms. The van der Waals surface area contributed by atoms with Crippen molar-refractivity contribution in [1.82, 2.24) is 5.32 Å². The molecule has 0 radical (unpaired) electrons. The van der Waals surface area contributed by atoms with Crippen LogP contribution in [0.25, 0.3) is 0 Å². The third-order valence-corrected chi connectivity index (χ3v) is 3.22. The van der Waals surface area contributed by atoms with Gasteiger partial charge in [0, 0.05) is 19.2 Å². The van der Waals surface area contributed by atoms with Crippen LogP contribution in [0.15, 0.2) is 12.1 Å². The summed E-state index contributed by atoms with van der Waals surface area (Å²) in [7, 11) is 1.48. The zero-order chi connectivity index (χ0) is 14.0. The highest BCUT2D eigenvalue weighted by atomic mass is 16.6. The molecule has 2 rings (SSSR count). The molecule has 0 saturated heterocycles. The highest BCUT2D eigenvalue weighted by molar-refractivity contribution is 5.94. The lowest BCUT2D eigenvalue weighted by Crippen LogP contribution is -2.26. The van der Waals surface area contributed by atoms with Gasteiger partial charge in [-0.25, -0.2) is 9.59 Å². The van der Waals surface area contributed by atoms with Crippen LogP contribution in [0.4, 0.5) is 4.79 Å². The van der Waals surface area contributed by atoms with Gasteiger partial charge in [0.25, 0.3) is 0 Å². The topological polar surface area (TPSA) is 90.7 Å². The summed E-state index contributed by atoms with van der Waals surface area (Å²) < 4.78 is 10.2. The fraction of sp³-hybridized carbons (Fsp3) is 0.385. The van der Waals surface area contributed by atoms with Crippen molar-refractivity contribution in [3.8, 4) is 0 Å². The van der Waals surface area contributed by atoms with Crippen LogP contribution in [0, 0.1) is 6.92 Å². The van der Waals surface area contributed by atoms with Gasteiger partial charge in [-0.2, -0.15) is 0 Å². The summed E-state index contributed by atoms with van der Waals surface area (Å²) >= 11 is 0. The summed E-state index contributed by atoms with van der Waals surface area (Å²) in [5.41, 5.74) is 8.72. The van der Waals surface area contributed by atoms with Gasteiger partial charge in [-0.05, 0) is 24.1 Å². The number of esters is 1. The molecule has 1 amide bonds. The van der Waals surface area contributed by atoms with Gasteiger partial charge in [-0.1, -0.05) is 6.07 Å². The van der Waals surface area contributed by atoms with Crippen LogP contribution in [0.5, 0.6) is 0 Å². The van der Waals surface area contributed by atoms with E-state index in [2.05, 4.69) is 5.32 Å². The second-order valence-corrected chi connectivity index (χ2v) is 4.26. The van der Waals surface area contributed by atoms with E-state index < -0.39 is 12.2 Å². The van der Waals surface area contributed by atoms with Crippen LogP contribution in [0.1, 0.15) is 33.2 Å². The zero-order valence-corrected chi connectivity index (χ0v) is 10.9. The van der Waals surface area contributed by atoms with Crippen molar-refractivity contribution in [2.75, 3.05) is 13.6 Å². The zero-order valence-electron chi connectivity index (χ0n) is 10.9. The Morgan fingerprint density at radius 1 is 1.58 bits per heavy atom. The van der Waals surface area contributed by atoms with E-state index in [1.165, 1.54) is 7.05 Å². The molecule has 1 atom stereocenters. The summed E-state index contributed by atoms with van der Waals surface area (Å²) in [5, 5.41) is 2.38. The molecule has 0 fully saturated rings. The monoisotopic (exact) mass is 264 g/mol. The van der Waals surface area contributed by atoms with E-state index in [0.29, 0.717) is 5.56 Å². The molecular formula is C13H16N2O4. The molecule has 6 heteroatoms. The number of carbonyl (C=O) groups is 2. The Kier molecular flexibility index (Phi) is 3.71. The lowest BCUT2D eigenvalue weighted by Gasteiger charge is -2.19. The minimum atomic E-state index is -0.541. The molecule has 1 aliphatic rings. The Morgan fingerprint density at radius 2 is 2.32 bits per heavy atom. The number of hydrogen-bond donors (Lipinski definition) is 2. The average molecular weight is 264 g/mol. The first-order valence-electron chi connectivity index (χ1n) is 5.96. The third kappa shape index (κ3) is 2.39. The highest BCUT2D eigenvalue weighted by Gasteiger charge is 2.26. The number of rotatable bonds is 3. The summed E-state index contributed by atoms with van der Waals surface area (Å²) in [5.74, 6) is -0.318. The van der Waals surface area contributed by atoms with Crippen molar-refractivity contribution in [3.05, 3.63) is 34.4 Å². The summed E-state index contributed by atoms with van der Waals surface area (Å²) in [6.07, 6.45) is -1.08. The summed E-state index contributed by atoms with van der Waals surface area (Å²) in [6.45, 7) is 2.29. The number of carbonyl (C=O) groups excluding carboxylic acids is 2. The molecule has 3 N–H and O–H groups in total. The molecule has 0 aromatic heterocycles. The van der Waals surface area contributed by atoms with E-state index in [0.717, 1.165) is 16.7 Å². The highest BCUT2D eigenvalue weighted by Crippen LogP contribution is 2.30. The summed E-state index contributed by atoms with van der Waals surface area (Å²) in [4.78, 5) is 22.7. The number of cyclic esters (lactones) is 1. The SMILES string of the molecule is CNC(=O)O[C@@H](CN)c1ccc2c(c1C)COC2=O. The lowest BCUT2D eigenvalue weighted by atomic mass is 9.95. The van der Waals surface area contributed by atoms with Gasteiger partial charge < -0.3 is 20.5 Å². The molecule has 6 nitrogen and oxygen atoms in total. The first-order valence-corrected chi connectivity index (χ1v) is 5.96. The first-order chi connectivity index (χ1) is 9.08. The summed E-state index contributed by atoms with van der Waals surface area (Å²) in [6, 6.07) is 3.43. The van der Waals surface area contributed by atoms with Crippen LogP contribution >= 0.6 is 0 Å². The van der Waals surface area contributed by atoms with Crippen LogP contribution in [-0.4, -0.2) is 25.7 Å². The maximum atomic E-state index is 11.5. The molecular weight excluding hydrogens is 248 g/mol. The number of amides is 1. The van der Waals surface area contributed by atoms with E-state index in [9.17, 15) is 9.59 Å². The van der Waals surface area contributed by atoms with Crippen LogP contribution in [0.3, 0.4) is 0 Å². The van der Waals surface area contributed by atoms with Gasteiger partial charge in [-0.3, -0.25) is 0 Å². The van der Waals surface area contributed by atoms with E-state index in [1.54, 1.807) is 12.1 Å². The van der Waals surface area contributed by atoms with Gasteiger partial charge in [0.15, 0.2) is 0 Å². The second kappa shape index (κ2) is 5.27. The Morgan fingerprint density at radius 3 is 2.95 bits per heavy atom. The largest absolute Gasteiger partial charge is 0.457 e. The molecule has 1 aromatic carbocycles. The van der Waals surface area contributed by atoms with Gasteiger partial charge in [0.2, 0.25) is 0 Å². The molecule has 102 valence electrons. The predicted molar refractivity (Wildman–Crippen MR) is 67.6 cm³/mol. The molecule has 1 heterocycles. The van der Waals surface area contributed by atoms with Crippen LogP contribution in [-0.2, 0) is 16.1 Å². The van der Waals surface area contributed by atoms with E-state index in [4.69, 9.17) is 15.2 Å². The van der Waals surface area contributed by atoms with Crippen LogP contribution in [0.2, 0.25) is 0 Å². The van der Waals surface area contributed by atoms with Gasteiger partial charge in [0.1, 0.15) is 12.7 Å². The number of fused-ring (bicyclic) bond motifs is 1. The van der Waals surface area contributed by atoms with Crippen molar-refractivity contribution >= 4 is 12.1 Å². The van der Waals surface area contributed by atoms with Crippen LogP contribution < -0.4 is 11.1 Å². The Labute approximate surface area is 110 Å². The number of ether oxygens (including phenoxy) is 2. The fourth-order valence-corrected chi connectivity index (χ4v) is 2.14. The van der Waals surface area contributed by atoms with Gasteiger partial charge in [0.05, 0.1) is 5.56 Å². The maximum absolute atomic E-state index is 11.5. The number of alkyl carbamates (subject to hydrolysis) is 1. The lowest BCUT2D eigenvalue weighted by molar-refractivity contribution is 0.0535. The second-order valence-electron chi connectivity index (χ2n) is 4.26. The van der Waals surface area contributed by atoms with E-state index >= 15 is 0 Å². The first kappa shape index (κ1) is 13.4. The third-order valence-electron chi connectivity index (χ3n) is 3.22.